The summed E-state index contributed by atoms with van der Waals surface area (Å²) in [6.07, 6.45) is 1.61. The Morgan fingerprint density at radius 1 is 1.69 bits per heavy atom. The molecule has 0 aromatic carbocycles. The van der Waals surface area contributed by atoms with Crippen LogP contribution in [0.25, 0.3) is 0 Å². The zero-order valence-corrected chi connectivity index (χ0v) is 10.3. The fourth-order valence-electron chi connectivity index (χ4n) is 1.87. The highest BCUT2D eigenvalue weighted by Crippen LogP contribution is 2.12. The molecule has 0 aliphatic carbocycles. The first kappa shape index (κ1) is 11.6. The van der Waals surface area contributed by atoms with E-state index in [1.165, 1.54) is 4.88 Å². The van der Waals surface area contributed by atoms with Crippen LogP contribution in [0.2, 0.25) is 0 Å². The van der Waals surface area contributed by atoms with Gasteiger partial charge in [-0.1, -0.05) is 6.07 Å². The summed E-state index contributed by atoms with van der Waals surface area (Å²) in [5, 5.41) is 8.31. The number of carbonyl (C=O) groups excluding carboxylic acids is 1. The second-order valence-corrected chi connectivity index (χ2v) is 5.51. The monoisotopic (exact) mass is 238 g/mol. The van der Waals surface area contributed by atoms with Gasteiger partial charge in [0.1, 0.15) is 0 Å². The molecule has 1 saturated heterocycles. The fourth-order valence-corrected chi connectivity index (χ4v) is 2.71. The van der Waals surface area contributed by atoms with E-state index in [2.05, 4.69) is 35.1 Å². The first-order valence-corrected chi connectivity index (χ1v) is 6.64. The molecule has 0 saturated carbocycles. The van der Waals surface area contributed by atoms with Crippen molar-refractivity contribution >= 4 is 17.2 Å². The smallest absolute Gasteiger partial charge is 0.220 e. The molecule has 1 aromatic rings. The molecule has 1 aliphatic heterocycles. The third-order valence-corrected chi connectivity index (χ3v) is 3.73. The van der Waals surface area contributed by atoms with Gasteiger partial charge in [-0.3, -0.25) is 4.79 Å². The van der Waals surface area contributed by atoms with Crippen LogP contribution in [0.3, 0.4) is 0 Å². The average molecular weight is 238 g/mol. The summed E-state index contributed by atoms with van der Waals surface area (Å²) < 4.78 is 0. The molecule has 3 nitrogen and oxygen atoms in total. The third-order valence-electron chi connectivity index (χ3n) is 2.83. The molecule has 0 radical (unpaired) electrons. The van der Waals surface area contributed by atoms with Crippen molar-refractivity contribution in [2.75, 3.05) is 13.1 Å². The maximum Gasteiger partial charge on any atom is 0.220 e. The first-order valence-electron chi connectivity index (χ1n) is 5.76. The molecule has 1 atom stereocenters. The van der Waals surface area contributed by atoms with Gasteiger partial charge in [0.25, 0.3) is 0 Å². The third kappa shape index (κ3) is 3.32. The zero-order chi connectivity index (χ0) is 11.4. The largest absolute Gasteiger partial charge is 0.353 e. The highest BCUT2D eigenvalue weighted by Gasteiger charge is 2.20. The number of hydrogen-bond acceptors (Lipinski definition) is 3. The Kier molecular flexibility index (Phi) is 3.96. The standard InChI is InChI=1S/C12H18N2OS/c1-9(5-11-3-2-4-16-11)14-12(15)6-10-7-13-8-10/h2-4,9-10,13H,5-8H2,1H3,(H,14,15). The number of hydrogen-bond donors (Lipinski definition) is 2. The molecule has 88 valence electrons. The lowest BCUT2D eigenvalue weighted by Crippen LogP contribution is -2.45. The Bertz CT molecular complexity index is 333. The number of amides is 1. The Labute approximate surface area is 100 Å². The van der Waals surface area contributed by atoms with Crippen LogP contribution in [0.15, 0.2) is 17.5 Å². The zero-order valence-electron chi connectivity index (χ0n) is 9.53. The van der Waals surface area contributed by atoms with Crippen molar-refractivity contribution in [1.29, 1.82) is 0 Å². The molecular weight excluding hydrogens is 220 g/mol. The van der Waals surface area contributed by atoms with Crippen molar-refractivity contribution in [1.82, 2.24) is 10.6 Å². The van der Waals surface area contributed by atoms with Crippen molar-refractivity contribution in [2.45, 2.75) is 25.8 Å². The molecule has 1 amide bonds. The lowest BCUT2D eigenvalue weighted by Gasteiger charge is -2.27. The number of carbonyl (C=O) groups is 1. The summed E-state index contributed by atoms with van der Waals surface area (Å²) in [7, 11) is 0. The van der Waals surface area contributed by atoms with Gasteiger partial charge in [0.15, 0.2) is 0 Å². The predicted molar refractivity (Wildman–Crippen MR) is 66.6 cm³/mol. The lowest BCUT2D eigenvalue weighted by atomic mass is 9.99. The predicted octanol–water partition coefficient (Wildman–Crippen LogP) is 1.40. The number of thiophene rings is 1. The minimum atomic E-state index is 0.190. The van der Waals surface area contributed by atoms with E-state index in [-0.39, 0.29) is 11.9 Å². The number of rotatable bonds is 5. The van der Waals surface area contributed by atoms with Crippen LogP contribution in [0, 0.1) is 5.92 Å². The van der Waals surface area contributed by atoms with Crippen molar-refractivity contribution < 1.29 is 4.79 Å². The average Bonchev–Trinajstić information content (AvgIpc) is 2.63. The highest BCUT2D eigenvalue weighted by atomic mass is 32.1. The SMILES string of the molecule is CC(Cc1cccs1)NC(=O)CC1CNC1. The van der Waals surface area contributed by atoms with Gasteiger partial charge < -0.3 is 10.6 Å². The summed E-state index contributed by atoms with van der Waals surface area (Å²) in [6.45, 7) is 4.05. The summed E-state index contributed by atoms with van der Waals surface area (Å²) in [6, 6.07) is 4.40. The maximum atomic E-state index is 11.6. The molecule has 0 bridgehead atoms. The molecule has 1 aliphatic rings. The molecular formula is C12H18N2OS. The van der Waals surface area contributed by atoms with Crippen LogP contribution < -0.4 is 10.6 Å². The van der Waals surface area contributed by atoms with Crippen molar-refractivity contribution in [3.63, 3.8) is 0 Å². The van der Waals surface area contributed by atoms with Crippen LogP contribution in [0.1, 0.15) is 18.2 Å². The van der Waals surface area contributed by atoms with E-state index in [4.69, 9.17) is 0 Å². The molecule has 1 fully saturated rings. The highest BCUT2D eigenvalue weighted by molar-refractivity contribution is 7.09. The molecule has 16 heavy (non-hydrogen) atoms. The minimum Gasteiger partial charge on any atom is -0.353 e. The Balaban J connectivity index is 1.69. The summed E-state index contributed by atoms with van der Waals surface area (Å²) >= 11 is 1.75. The first-order chi connectivity index (χ1) is 7.74. The van der Waals surface area contributed by atoms with Gasteiger partial charge in [0.05, 0.1) is 0 Å². The summed E-state index contributed by atoms with van der Waals surface area (Å²) in [5.74, 6) is 0.740. The van der Waals surface area contributed by atoms with E-state index in [1.54, 1.807) is 11.3 Å². The van der Waals surface area contributed by atoms with Gasteiger partial charge in [-0.25, -0.2) is 0 Å². The second kappa shape index (κ2) is 5.46. The van der Waals surface area contributed by atoms with E-state index in [0.717, 1.165) is 19.5 Å². The topological polar surface area (TPSA) is 41.1 Å². The van der Waals surface area contributed by atoms with E-state index in [9.17, 15) is 4.79 Å². The quantitative estimate of drug-likeness (QED) is 0.814. The van der Waals surface area contributed by atoms with Gasteiger partial charge in [0, 0.05) is 23.8 Å². The molecule has 4 heteroatoms. The van der Waals surface area contributed by atoms with Crippen molar-refractivity contribution in [3.8, 4) is 0 Å². The number of nitrogens with one attached hydrogen (secondary N) is 2. The van der Waals surface area contributed by atoms with Crippen molar-refractivity contribution in [3.05, 3.63) is 22.4 Å². The van der Waals surface area contributed by atoms with Gasteiger partial charge >= 0.3 is 0 Å². The Morgan fingerprint density at radius 3 is 3.06 bits per heavy atom. The van der Waals surface area contributed by atoms with Crippen molar-refractivity contribution in [2.24, 2.45) is 5.92 Å². The molecule has 2 rings (SSSR count). The van der Waals surface area contributed by atoms with E-state index >= 15 is 0 Å². The van der Waals surface area contributed by atoms with E-state index < -0.39 is 0 Å². The van der Waals surface area contributed by atoms with Crippen LogP contribution in [-0.4, -0.2) is 25.0 Å². The van der Waals surface area contributed by atoms with Gasteiger partial charge in [0.2, 0.25) is 5.91 Å². The van der Waals surface area contributed by atoms with Gasteiger partial charge in [-0.2, -0.15) is 0 Å². The van der Waals surface area contributed by atoms with Gasteiger partial charge in [-0.05, 0) is 37.4 Å². The Hall–Kier alpha value is -0.870. The minimum absolute atomic E-state index is 0.190. The molecule has 1 unspecified atom stereocenters. The molecule has 2 N–H and O–H groups in total. The van der Waals surface area contributed by atoms with Crippen LogP contribution in [0.4, 0.5) is 0 Å². The molecule has 2 heterocycles. The second-order valence-electron chi connectivity index (χ2n) is 4.48. The maximum absolute atomic E-state index is 11.6. The van der Waals surface area contributed by atoms with Crippen LogP contribution in [-0.2, 0) is 11.2 Å². The van der Waals surface area contributed by atoms with E-state index in [1.807, 2.05) is 0 Å². The lowest BCUT2D eigenvalue weighted by molar-refractivity contribution is -0.122. The summed E-state index contributed by atoms with van der Waals surface area (Å²) in [5.41, 5.74) is 0. The summed E-state index contributed by atoms with van der Waals surface area (Å²) in [4.78, 5) is 13.0. The normalized spacial score (nSPS) is 17.8. The molecule has 0 spiro atoms. The Morgan fingerprint density at radius 2 is 2.50 bits per heavy atom. The molecule has 1 aromatic heterocycles. The van der Waals surface area contributed by atoms with Gasteiger partial charge in [-0.15, -0.1) is 11.3 Å². The fraction of sp³-hybridized carbons (Fsp3) is 0.583. The van der Waals surface area contributed by atoms with Crippen LogP contribution in [0.5, 0.6) is 0 Å². The van der Waals surface area contributed by atoms with Crippen LogP contribution >= 0.6 is 11.3 Å². The van der Waals surface area contributed by atoms with E-state index in [0.29, 0.717) is 12.3 Å².